The summed E-state index contributed by atoms with van der Waals surface area (Å²) in [6.07, 6.45) is 1.48. The van der Waals surface area contributed by atoms with E-state index >= 15 is 0 Å². The number of sulfonamides is 1. The Bertz CT molecular complexity index is 1180. The zero-order valence-electron chi connectivity index (χ0n) is 18.0. The lowest BCUT2D eigenvalue weighted by atomic mass is 10.2. The molecule has 0 radical (unpaired) electrons. The van der Waals surface area contributed by atoms with E-state index in [-0.39, 0.29) is 18.0 Å². The van der Waals surface area contributed by atoms with E-state index in [9.17, 15) is 13.2 Å². The maximum atomic E-state index is 13.2. The van der Waals surface area contributed by atoms with Crippen molar-refractivity contribution < 1.29 is 17.9 Å². The summed E-state index contributed by atoms with van der Waals surface area (Å²) in [6.45, 7) is 2.15. The molecule has 0 heterocycles. The lowest BCUT2D eigenvalue weighted by Gasteiger charge is -2.21. The first kappa shape index (κ1) is 24.6. The van der Waals surface area contributed by atoms with Crippen LogP contribution in [-0.2, 0) is 21.4 Å². The van der Waals surface area contributed by atoms with Gasteiger partial charge in [-0.2, -0.15) is 9.41 Å². The van der Waals surface area contributed by atoms with E-state index in [1.165, 1.54) is 18.3 Å². The number of rotatable bonds is 10. The van der Waals surface area contributed by atoms with Gasteiger partial charge in [0.2, 0.25) is 10.0 Å². The zero-order chi connectivity index (χ0) is 23.7. The van der Waals surface area contributed by atoms with Gasteiger partial charge in [0.15, 0.2) is 0 Å². The van der Waals surface area contributed by atoms with Crippen molar-refractivity contribution in [3.8, 4) is 5.75 Å². The Morgan fingerprint density at radius 3 is 2.33 bits per heavy atom. The third kappa shape index (κ3) is 7.24. The van der Waals surface area contributed by atoms with Crippen molar-refractivity contribution in [3.63, 3.8) is 0 Å². The van der Waals surface area contributed by atoms with Crippen LogP contribution >= 0.6 is 15.9 Å². The van der Waals surface area contributed by atoms with Gasteiger partial charge in [-0.3, -0.25) is 4.79 Å². The molecule has 0 aliphatic rings. The fourth-order valence-electron chi connectivity index (χ4n) is 2.96. The largest absolute Gasteiger partial charge is 0.494 e. The van der Waals surface area contributed by atoms with Gasteiger partial charge in [0.05, 0.1) is 24.3 Å². The van der Waals surface area contributed by atoms with Gasteiger partial charge in [-0.1, -0.05) is 46.3 Å². The van der Waals surface area contributed by atoms with Crippen molar-refractivity contribution in [2.24, 2.45) is 5.10 Å². The summed E-state index contributed by atoms with van der Waals surface area (Å²) in [4.78, 5) is 12.7. The van der Waals surface area contributed by atoms with E-state index in [0.717, 1.165) is 25.7 Å². The van der Waals surface area contributed by atoms with Crippen LogP contribution in [0.25, 0.3) is 0 Å². The molecule has 0 saturated carbocycles. The van der Waals surface area contributed by atoms with Crippen LogP contribution in [0.1, 0.15) is 18.1 Å². The molecule has 7 nitrogen and oxygen atoms in total. The van der Waals surface area contributed by atoms with E-state index in [1.807, 2.05) is 37.3 Å². The van der Waals surface area contributed by atoms with Gasteiger partial charge in [-0.15, -0.1) is 0 Å². The van der Waals surface area contributed by atoms with Gasteiger partial charge in [-0.25, -0.2) is 13.8 Å². The molecule has 0 aromatic heterocycles. The average Bonchev–Trinajstić information content (AvgIpc) is 2.81. The number of hydrogen-bond donors (Lipinski definition) is 1. The average molecular weight is 530 g/mol. The first-order chi connectivity index (χ1) is 15.9. The van der Waals surface area contributed by atoms with Gasteiger partial charge in [0, 0.05) is 11.0 Å². The molecule has 0 fully saturated rings. The molecule has 9 heteroatoms. The molecule has 0 atom stereocenters. The van der Waals surface area contributed by atoms with Crippen LogP contribution in [0.15, 0.2) is 93.3 Å². The third-order valence-corrected chi connectivity index (χ3v) is 6.90. The van der Waals surface area contributed by atoms with E-state index in [2.05, 4.69) is 26.5 Å². The minimum atomic E-state index is -3.91. The molecular formula is C24H24BrN3O4S. The van der Waals surface area contributed by atoms with Crippen molar-refractivity contribution in [1.29, 1.82) is 0 Å². The highest BCUT2D eigenvalue weighted by molar-refractivity contribution is 9.10. The van der Waals surface area contributed by atoms with E-state index in [1.54, 1.807) is 36.4 Å². The lowest BCUT2D eigenvalue weighted by molar-refractivity contribution is -0.121. The number of amides is 1. The van der Waals surface area contributed by atoms with Gasteiger partial charge in [0.25, 0.3) is 5.91 Å². The minimum absolute atomic E-state index is 0.0509. The summed E-state index contributed by atoms with van der Waals surface area (Å²) in [5.41, 5.74) is 3.94. The summed E-state index contributed by atoms with van der Waals surface area (Å²) in [7, 11) is -3.91. The molecule has 0 bridgehead atoms. The molecule has 1 amide bonds. The molecule has 172 valence electrons. The third-order valence-electron chi connectivity index (χ3n) is 4.57. The Kier molecular flexibility index (Phi) is 8.76. The van der Waals surface area contributed by atoms with Crippen molar-refractivity contribution in [2.45, 2.75) is 18.4 Å². The Hall–Kier alpha value is -3.01. The molecule has 3 rings (SSSR count). The number of nitrogens with zero attached hydrogens (tertiary/aromatic N) is 2. The summed E-state index contributed by atoms with van der Waals surface area (Å²) in [5, 5.41) is 3.95. The predicted molar refractivity (Wildman–Crippen MR) is 132 cm³/mol. The Labute approximate surface area is 202 Å². The van der Waals surface area contributed by atoms with Crippen LogP contribution < -0.4 is 10.2 Å². The second kappa shape index (κ2) is 11.7. The molecule has 0 aliphatic heterocycles. The van der Waals surface area contributed by atoms with Crippen molar-refractivity contribution >= 4 is 38.1 Å². The SMILES string of the molecule is CCOc1ccc(/C=N\NC(=O)CN(Cc2ccccc2)S(=O)(=O)c2ccc(Br)cc2)cc1. The monoisotopic (exact) mass is 529 g/mol. The van der Waals surface area contributed by atoms with Crippen LogP contribution in [0.3, 0.4) is 0 Å². The van der Waals surface area contributed by atoms with E-state index < -0.39 is 15.9 Å². The van der Waals surface area contributed by atoms with Gasteiger partial charge < -0.3 is 4.74 Å². The summed E-state index contributed by atoms with van der Waals surface area (Å²) >= 11 is 3.31. The Morgan fingerprint density at radius 2 is 1.70 bits per heavy atom. The first-order valence-corrected chi connectivity index (χ1v) is 12.5. The smallest absolute Gasteiger partial charge is 0.255 e. The number of hydrazone groups is 1. The van der Waals surface area contributed by atoms with E-state index in [0.29, 0.717) is 6.61 Å². The maximum absolute atomic E-state index is 13.2. The number of carbonyl (C=O) groups excluding carboxylic acids is 1. The number of benzene rings is 3. The fraction of sp³-hybridized carbons (Fsp3) is 0.167. The first-order valence-electron chi connectivity index (χ1n) is 10.2. The van der Waals surface area contributed by atoms with Gasteiger partial charge in [-0.05, 0) is 66.6 Å². The minimum Gasteiger partial charge on any atom is -0.494 e. The van der Waals surface area contributed by atoms with Gasteiger partial charge >= 0.3 is 0 Å². The highest BCUT2D eigenvalue weighted by Gasteiger charge is 2.26. The molecule has 33 heavy (non-hydrogen) atoms. The summed E-state index contributed by atoms with van der Waals surface area (Å²) in [6, 6.07) is 22.6. The number of halogens is 1. The lowest BCUT2D eigenvalue weighted by Crippen LogP contribution is -2.39. The highest BCUT2D eigenvalue weighted by Crippen LogP contribution is 2.20. The second-order valence-corrected chi connectivity index (χ2v) is 9.86. The molecule has 0 spiro atoms. The second-order valence-electron chi connectivity index (χ2n) is 7.01. The van der Waals surface area contributed by atoms with Gasteiger partial charge in [0.1, 0.15) is 5.75 Å². The molecule has 0 unspecified atom stereocenters. The van der Waals surface area contributed by atoms with Crippen LogP contribution in [0, 0.1) is 0 Å². The number of ether oxygens (including phenoxy) is 1. The Balaban J connectivity index is 1.72. The number of carbonyl (C=O) groups is 1. The van der Waals surface area contributed by atoms with Crippen LogP contribution in [0.4, 0.5) is 0 Å². The van der Waals surface area contributed by atoms with Crippen LogP contribution in [-0.4, -0.2) is 38.0 Å². The molecule has 3 aromatic carbocycles. The standard InChI is InChI=1S/C24H24BrN3O4S/c1-2-32-22-12-8-19(9-13-22)16-26-27-24(29)18-28(17-20-6-4-3-5-7-20)33(30,31)23-14-10-21(25)11-15-23/h3-16H,2,17-18H2,1H3,(H,27,29)/b26-16-. The zero-order valence-corrected chi connectivity index (χ0v) is 20.4. The molecule has 0 aliphatic carbocycles. The van der Waals surface area contributed by atoms with Crippen molar-refractivity contribution in [3.05, 3.63) is 94.5 Å². The molecular weight excluding hydrogens is 506 g/mol. The quantitative estimate of drug-likeness (QED) is 0.315. The topological polar surface area (TPSA) is 88.1 Å². The Morgan fingerprint density at radius 1 is 1.03 bits per heavy atom. The van der Waals surface area contributed by atoms with Crippen molar-refractivity contribution in [2.75, 3.05) is 13.2 Å². The predicted octanol–water partition coefficient (Wildman–Crippen LogP) is 4.19. The fourth-order valence-corrected chi connectivity index (χ4v) is 4.61. The molecule has 3 aromatic rings. The molecule has 1 N–H and O–H groups in total. The number of nitrogens with one attached hydrogen (secondary N) is 1. The number of hydrogen-bond acceptors (Lipinski definition) is 5. The molecule has 0 saturated heterocycles. The summed E-state index contributed by atoms with van der Waals surface area (Å²) < 4.78 is 33.8. The van der Waals surface area contributed by atoms with Crippen LogP contribution in [0.2, 0.25) is 0 Å². The van der Waals surface area contributed by atoms with Crippen LogP contribution in [0.5, 0.6) is 5.75 Å². The highest BCUT2D eigenvalue weighted by atomic mass is 79.9. The van der Waals surface area contributed by atoms with E-state index in [4.69, 9.17) is 4.74 Å². The summed E-state index contributed by atoms with van der Waals surface area (Å²) in [5.74, 6) is 0.196. The normalized spacial score (nSPS) is 11.6. The maximum Gasteiger partial charge on any atom is 0.255 e. The van der Waals surface area contributed by atoms with Crippen molar-refractivity contribution in [1.82, 2.24) is 9.73 Å².